The molecule has 0 saturated heterocycles. The summed E-state index contributed by atoms with van der Waals surface area (Å²) in [6.45, 7) is 0. The second-order valence-corrected chi connectivity index (χ2v) is 4.79. The van der Waals surface area contributed by atoms with Gasteiger partial charge in [-0.3, -0.25) is 0 Å². The molecule has 0 radical (unpaired) electrons. The highest BCUT2D eigenvalue weighted by Gasteiger charge is 2.46. The van der Waals surface area contributed by atoms with Gasteiger partial charge in [-0.15, -0.1) is 0 Å². The van der Waals surface area contributed by atoms with Gasteiger partial charge in [-0.25, -0.2) is 0 Å². The van der Waals surface area contributed by atoms with Gasteiger partial charge in [-0.1, -0.05) is 36.8 Å². The van der Waals surface area contributed by atoms with Gasteiger partial charge >= 0.3 is 0 Å². The molecule has 3 rings (SSSR count). The molecule has 17 heavy (non-hydrogen) atoms. The van der Waals surface area contributed by atoms with E-state index >= 15 is 0 Å². The van der Waals surface area contributed by atoms with Gasteiger partial charge in [0.25, 0.3) is 0 Å². The Morgan fingerprint density at radius 2 is 1.82 bits per heavy atom. The van der Waals surface area contributed by atoms with E-state index in [0.29, 0.717) is 5.76 Å². The minimum Gasteiger partial charge on any atom is -0.467 e. The quantitative estimate of drug-likeness (QED) is 0.873. The summed E-state index contributed by atoms with van der Waals surface area (Å²) >= 11 is 0. The third kappa shape index (κ3) is 1.60. The molecule has 1 unspecified atom stereocenters. The normalized spacial score (nSPS) is 19.6. The smallest absolute Gasteiger partial charge is 0.133 e. The Kier molecular flexibility index (Phi) is 2.52. The summed E-state index contributed by atoms with van der Waals surface area (Å²) in [5.41, 5.74) is 1.08. The Hall–Kier alpha value is -1.54. The highest BCUT2D eigenvalue weighted by Crippen LogP contribution is 2.52. The van der Waals surface area contributed by atoms with Gasteiger partial charge in [0.05, 0.1) is 6.26 Å². The number of hydrogen-bond acceptors (Lipinski definition) is 2. The third-order valence-corrected chi connectivity index (χ3v) is 3.93. The van der Waals surface area contributed by atoms with Crippen molar-refractivity contribution in [2.24, 2.45) is 0 Å². The highest BCUT2D eigenvalue weighted by atomic mass is 16.4. The second-order valence-electron chi connectivity index (χ2n) is 4.79. The fraction of sp³-hybridized carbons (Fsp3) is 0.333. The van der Waals surface area contributed by atoms with Crippen molar-refractivity contribution in [3.8, 4) is 0 Å². The van der Waals surface area contributed by atoms with E-state index in [0.717, 1.165) is 12.8 Å². The molecule has 0 amide bonds. The number of furan rings is 1. The van der Waals surface area contributed by atoms with Crippen molar-refractivity contribution in [1.82, 2.24) is 0 Å². The van der Waals surface area contributed by atoms with Gasteiger partial charge in [0.2, 0.25) is 0 Å². The zero-order valence-corrected chi connectivity index (χ0v) is 9.67. The maximum atomic E-state index is 10.5. The third-order valence-electron chi connectivity index (χ3n) is 3.93. The van der Waals surface area contributed by atoms with Crippen LogP contribution in [-0.4, -0.2) is 5.11 Å². The molecule has 1 aliphatic rings. The predicted octanol–water partition coefficient (Wildman–Crippen LogP) is 3.43. The summed E-state index contributed by atoms with van der Waals surface area (Å²) in [7, 11) is 0. The monoisotopic (exact) mass is 228 g/mol. The molecular formula is C15H16O2. The predicted molar refractivity (Wildman–Crippen MR) is 65.6 cm³/mol. The van der Waals surface area contributed by atoms with Crippen LogP contribution >= 0.6 is 0 Å². The number of rotatable bonds is 3. The average molecular weight is 228 g/mol. The zero-order chi connectivity index (χ0) is 11.7. The van der Waals surface area contributed by atoms with Crippen LogP contribution < -0.4 is 0 Å². The lowest BCUT2D eigenvalue weighted by atomic mass is 9.60. The van der Waals surface area contributed by atoms with E-state index in [1.807, 2.05) is 30.3 Å². The Balaban J connectivity index is 1.98. The van der Waals surface area contributed by atoms with E-state index in [4.69, 9.17) is 4.42 Å². The first-order valence-corrected chi connectivity index (χ1v) is 6.10. The largest absolute Gasteiger partial charge is 0.467 e. The molecule has 2 heteroatoms. The van der Waals surface area contributed by atoms with E-state index in [9.17, 15) is 5.11 Å². The molecule has 0 aliphatic heterocycles. The summed E-state index contributed by atoms with van der Waals surface area (Å²) in [6.07, 6.45) is 4.31. The van der Waals surface area contributed by atoms with Crippen LogP contribution in [0, 0.1) is 0 Å². The molecule has 0 spiro atoms. The fourth-order valence-corrected chi connectivity index (χ4v) is 2.77. The molecule has 1 aromatic carbocycles. The van der Waals surface area contributed by atoms with Crippen molar-refractivity contribution >= 4 is 0 Å². The topological polar surface area (TPSA) is 33.4 Å². The molecule has 2 aromatic rings. The molecular weight excluding hydrogens is 212 g/mol. The van der Waals surface area contributed by atoms with Crippen molar-refractivity contribution in [1.29, 1.82) is 0 Å². The number of aliphatic hydroxyl groups excluding tert-OH is 1. The van der Waals surface area contributed by atoms with Crippen LogP contribution in [0.5, 0.6) is 0 Å². The van der Waals surface area contributed by atoms with Crippen LogP contribution in [0.15, 0.2) is 53.1 Å². The van der Waals surface area contributed by atoms with Crippen molar-refractivity contribution in [3.63, 3.8) is 0 Å². The summed E-state index contributed by atoms with van der Waals surface area (Å²) in [4.78, 5) is 0. The van der Waals surface area contributed by atoms with Gasteiger partial charge in [0, 0.05) is 5.41 Å². The van der Waals surface area contributed by atoms with Crippen LogP contribution in [0.4, 0.5) is 0 Å². The maximum absolute atomic E-state index is 10.5. The Bertz CT molecular complexity index is 469. The average Bonchev–Trinajstić information content (AvgIpc) is 2.82. The van der Waals surface area contributed by atoms with Crippen LogP contribution in [0.3, 0.4) is 0 Å². The first-order chi connectivity index (χ1) is 8.33. The first-order valence-electron chi connectivity index (χ1n) is 6.10. The number of hydrogen-bond donors (Lipinski definition) is 1. The zero-order valence-electron chi connectivity index (χ0n) is 9.67. The molecule has 1 saturated carbocycles. The van der Waals surface area contributed by atoms with Crippen LogP contribution in [0.2, 0.25) is 0 Å². The van der Waals surface area contributed by atoms with Crippen LogP contribution in [-0.2, 0) is 5.41 Å². The van der Waals surface area contributed by atoms with E-state index in [1.165, 1.54) is 12.0 Å². The van der Waals surface area contributed by atoms with Gasteiger partial charge in [-0.05, 0) is 30.5 Å². The SMILES string of the molecule is OC(c1ccco1)C1(c2ccccc2)CCC1. The van der Waals surface area contributed by atoms with Crippen molar-refractivity contribution in [2.75, 3.05) is 0 Å². The lowest BCUT2D eigenvalue weighted by Gasteiger charge is -2.45. The Morgan fingerprint density at radius 1 is 1.06 bits per heavy atom. The summed E-state index contributed by atoms with van der Waals surface area (Å²) < 4.78 is 5.35. The lowest BCUT2D eigenvalue weighted by Crippen LogP contribution is -2.40. The highest BCUT2D eigenvalue weighted by molar-refractivity contribution is 5.31. The summed E-state index contributed by atoms with van der Waals surface area (Å²) in [5.74, 6) is 0.675. The molecule has 1 N–H and O–H groups in total. The first kappa shape index (κ1) is 10.6. The summed E-state index contributed by atoms with van der Waals surface area (Å²) in [5, 5.41) is 10.5. The van der Waals surface area contributed by atoms with Gasteiger partial charge in [0.15, 0.2) is 0 Å². The van der Waals surface area contributed by atoms with Gasteiger partial charge < -0.3 is 9.52 Å². The summed E-state index contributed by atoms with van der Waals surface area (Å²) in [6, 6.07) is 14.0. The minimum absolute atomic E-state index is 0.140. The molecule has 1 heterocycles. The number of aliphatic hydroxyl groups is 1. The maximum Gasteiger partial charge on any atom is 0.133 e. The van der Waals surface area contributed by atoms with Crippen LogP contribution in [0.1, 0.15) is 36.7 Å². The molecule has 0 bridgehead atoms. The molecule has 2 nitrogen and oxygen atoms in total. The van der Waals surface area contributed by atoms with E-state index in [2.05, 4.69) is 12.1 Å². The van der Waals surface area contributed by atoms with E-state index in [-0.39, 0.29) is 5.41 Å². The van der Waals surface area contributed by atoms with Gasteiger partial charge in [0.1, 0.15) is 11.9 Å². The minimum atomic E-state index is -0.534. The van der Waals surface area contributed by atoms with Crippen LogP contribution in [0.25, 0.3) is 0 Å². The number of benzene rings is 1. The Morgan fingerprint density at radius 3 is 2.35 bits per heavy atom. The van der Waals surface area contributed by atoms with Crippen molar-refractivity contribution in [3.05, 3.63) is 60.1 Å². The lowest BCUT2D eigenvalue weighted by molar-refractivity contribution is 0.0116. The molecule has 88 valence electrons. The molecule has 1 atom stereocenters. The standard InChI is InChI=1S/C15H16O2/c16-14(13-8-4-11-17-13)15(9-5-10-15)12-6-2-1-3-7-12/h1-4,6-8,11,14,16H,5,9-10H2. The fourth-order valence-electron chi connectivity index (χ4n) is 2.77. The van der Waals surface area contributed by atoms with E-state index < -0.39 is 6.10 Å². The Labute approximate surface area is 101 Å². The van der Waals surface area contributed by atoms with E-state index in [1.54, 1.807) is 6.26 Å². The molecule has 1 aliphatic carbocycles. The van der Waals surface area contributed by atoms with Gasteiger partial charge in [-0.2, -0.15) is 0 Å². The van der Waals surface area contributed by atoms with Crippen molar-refractivity contribution in [2.45, 2.75) is 30.8 Å². The molecule has 1 aromatic heterocycles. The second kappa shape index (κ2) is 4.04. The van der Waals surface area contributed by atoms with Crippen molar-refractivity contribution < 1.29 is 9.52 Å². The molecule has 1 fully saturated rings.